The van der Waals surface area contributed by atoms with Gasteiger partial charge in [-0.1, -0.05) is 31.5 Å². The van der Waals surface area contributed by atoms with Crippen LogP contribution < -0.4 is 5.32 Å². The van der Waals surface area contributed by atoms with Crippen LogP contribution in [0.3, 0.4) is 0 Å². The summed E-state index contributed by atoms with van der Waals surface area (Å²) in [6, 6.07) is 0.735. The third-order valence-electron chi connectivity index (χ3n) is 3.37. The zero-order chi connectivity index (χ0) is 12.1. The lowest BCUT2D eigenvalue weighted by atomic mass is 9.87. The van der Waals surface area contributed by atoms with Gasteiger partial charge in [0.15, 0.2) is 5.16 Å². The first-order chi connectivity index (χ1) is 8.25. The molecule has 0 aliphatic heterocycles. The van der Waals surface area contributed by atoms with Crippen molar-refractivity contribution in [2.45, 2.75) is 43.8 Å². The third-order valence-corrected chi connectivity index (χ3v) is 4.41. The summed E-state index contributed by atoms with van der Waals surface area (Å²) in [4.78, 5) is 4.20. The summed E-state index contributed by atoms with van der Waals surface area (Å²) in [6.45, 7) is 3.43. The van der Waals surface area contributed by atoms with E-state index >= 15 is 0 Å². The summed E-state index contributed by atoms with van der Waals surface area (Å²) < 4.78 is 1.83. The zero-order valence-corrected chi connectivity index (χ0v) is 11.5. The predicted molar refractivity (Wildman–Crippen MR) is 71.1 cm³/mol. The molecule has 1 N–H and O–H groups in total. The van der Waals surface area contributed by atoms with Crippen LogP contribution in [-0.2, 0) is 7.05 Å². The lowest BCUT2D eigenvalue weighted by Gasteiger charge is -2.27. The summed E-state index contributed by atoms with van der Waals surface area (Å²) >= 11 is 1.77. The van der Waals surface area contributed by atoms with Crippen LogP contribution in [0.25, 0.3) is 0 Å². The van der Waals surface area contributed by atoms with Gasteiger partial charge >= 0.3 is 0 Å². The molecule has 2 rings (SSSR count). The number of rotatable bonds is 5. The molecule has 0 spiro atoms. The number of thioether (sulfide) groups is 1. The first-order valence-electron chi connectivity index (χ1n) is 6.46. The molecule has 1 saturated carbocycles. The van der Waals surface area contributed by atoms with Crippen molar-refractivity contribution in [1.82, 2.24) is 20.1 Å². The minimum atomic E-state index is 0.735. The van der Waals surface area contributed by atoms with Gasteiger partial charge in [0.25, 0.3) is 0 Å². The maximum Gasteiger partial charge on any atom is 0.185 e. The second kappa shape index (κ2) is 6.40. The van der Waals surface area contributed by atoms with Gasteiger partial charge in [0.1, 0.15) is 6.33 Å². The number of hydrogen-bond acceptors (Lipinski definition) is 4. The smallest absolute Gasteiger partial charge is 0.185 e. The van der Waals surface area contributed by atoms with Crippen LogP contribution in [0.5, 0.6) is 0 Å². The van der Waals surface area contributed by atoms with Gasteiger partial charge in [-0.2, -0.15) is 5.10 Å². The lowest BCUT2D eigenvalue weighted by Crippen LogP contribution is -2.34. The topological polar surface area (TPSA) is 42.7 Å². The lowest BCUT2D eigenvalue weighted by molar-refractivity contribution is 0.306. The van der Waals surface area contributed by atoms with E-state index in [2.05, 4.69) is 22.3 Å². The van der Waals surface area contributed by atoms with E-state index in [0.29, 0.717) is 0 Å². The summed E-state index contributed by atoms with van der Waals surface area (Å²) in [7, 11) is 1.94. The average Bonchev–Trinajstić information content (AvgIpc) is 2.71. The van der Waals surface area contributed by atoms with Gasteiger partial charge in [0, 0.05) is 25.4 Å². The highest BCUT2D eigenvalue weighted by Gasteiger charge is 2.17. The molecule has 0 bridgehead atoms. The molecular formula is C12H22N4S. The van der Waals surface area contributed by atoms with Crippen LogP contribution in [0.2, 0.25) is 0 Å². The van der Waals surface area contributed by atoms with E-state index in [1.54, 1.807) is 18.1 Å². The quantitative estimate of drug-likeness (QED) is 0.645. The molecule has 0 saturated heterocycles. The molecule has 0 amide bonds. The normalized spacial score (nSPS) is 25.1. The van der Waals surface area contributed by atoms with Crippen molar-refractivity contribution in [3.8, 4) is 0 Å². The Balaban J connectivity index is 1.61. The summed E-state index contributed by atoms with van der Waals surface area (Å²) in [5.41, 5.74) is 0. The van der Waals surface area contributed by atoms with Crippen molar-refractivity contribution in [3.63, 3.8) is 0 Å². The standard InChI is InChI=1S/C12H22N4S/c1-10-4-3-5-11(8-10)13-6-7-17-12-14-9-15-16(12)2/h9-11,13H,3-8H2,1-2H3. The number of nitrogens with zero attached hydrogens (tertiary/aromatic N) is 3. The van der Waals surface area contributed by atoms with E-state index in [0.717, 1.165) is 29.4 Å². The van der Waals surface area contributed by atoms with Gasteiger partial charge in [0.2, 0.25) is 0 Å². The fourth-order valence-electron chi connectivity index (χ4n) is 2.44. The van der Waals surface area contributed by atoms with Gasteiger partial charge in [-0.15, -0.1) is 0 Å². The van der Waals surface area contributed by atoms with E-state index in [1.807, 2.05) is 11.7 Å². The van der Waals surface area contributed by atoms with Gasteiger partial charge in [-0.05, 0) is 18.8 Å². The van der Waals surface area contributed by atoms with Crippen LogP contribution in [0.4, 0.5) is 0 Å². The SMILES string of the molecule is CC1CCCC(NCCSc2ncnn2C)C1. The molecule has 1 aliphatic carbocycles. The van der Waals surface area contributed by atoms with Crippen molar-refractivity contribution >= 4 is 11.8 Å². The van der Waals surface area contributed by atoms with Gasteiger partial charge < -0.3 is 5.32 Å². The highest BCUT2D eigenvalue weighted by atomic mass is 32.2. The number of aromatic nitrogens is 3. The monoisotopic (exact) mass is 254 g/mol. The molecule has 2 unspecified atom stereocenters. The van der Waals surface area contributed by atoms with E-state index < -0.39 is 0 Å². The first-order valence-corrected chi connectivity index (χ1v) is 7.44. The molecule has 4 nitrogen and oxygen atoms in total. The van der Waals surface area contributed by atoms with E-state index in [4.69, 9.17) is 0 Å². The van der Waals surface area contributed by atoms with Crippen LogP contribution in [0, 0.1) is 5.92 Å². The minimum Gasteiger partial charge on any atom is -0.313 e. The highest BCUT2D eigenvalue weighted by molar-refractivity contribution is 7.99. The van der Waals surface area contributed by atoms with E-state index in [1.165, 1.54) is 25.7 Å². The second-order valence-electron chi connectivity index (χ2n) is 4.94. The maximum atomic E-state index is 4.20. The molecule has 1 aliphatic rings. The molecular weight excluding hydrogens is 232 g/mol. The Hall–Kier alpha value is -0.550. The predicted octanol–water partition coefficient (Wildman–Crippen LogP) is 2.08. The molecule has 1 aromatic heterocycles. The Morgan fingerprint density at radius 3 is 3.12 bits per heavy atom. The van der Waals surface area contributed by atoms with Gasteiger partial charge in [-0.3, -0.25) is 0 Å². The molecule has 96 valence electrons. The molecule has 2 atom stereocenters. The van der Waals surface area contributed by atoms with Gasteiger partial charge in [0.05, 0.1) is 0 Å². The number of nitrogens with one attached hydrogen (secondary N) is 1. The highest BCUT2D eigenvalue weighted by Crippen LogP contribution is 2.23. The molecule has 17 heavy (non-hydrogen) atoms. The summed E-state index contributed by atoms with van der Waals surface area (Å²) in [5.74, 6) is 1.96. The molecule has 1 fully saturated rings. The Kier molecular flexibility index (Phi) is 4.86. The van der Waals surface area contributed by atoms with Crippen LogP contribution in [0.1, 0.15) is 32.6 Å². The van der Waals surface area contributed by atoms with Crippen molar-refractivity contribution in [1.29, 1.82) is 0 Å². The van der Waals surface area contributed by atoms with E-state index in [9.17, 15) is 0 Å². The Morgan fingerprint density at radius 1 is 1.53 bits per heavy atom. The molecule has 0 aromatic carbocycles. The molecule has 5 heteroatoms. The Labute approximate surface area is 108 Å². The van der Waals surface area contributed by atoms with E-state index in [-0.39, 0.29) is 0 Å². The largest absolute Gasteiger partial charge is 0.313 e. The van der Waals surface area contributed by atoms with Crippen molar-refractivity contribution in [2.24, 2.45) is 13.0 Å². The number of aryl methyl sites for hydroxylation is 1. The minimum absolute atomic E-state index is 0.735. The van der Waals surface area contributed by atoms with Gasteiger partial charge in [-0.25, -0.2) is 9.67 Å². The average molecular weight is 254 g/mol. The van der Waals surface area contributed by atoms with Crippen molar-refractivity contribution in [2.75, 3.05) is 12.3 Å². The summed E-state index contributed by atoms with van der Waals surface area (Å²) in [5, 5.41) is 8.72. The fourth-order valence-corrected chi connectivity index (χ4v) is 3.20. The molecule has 0 radical (unpaired) electrons. The fraction of sp³-hybridized carbons (Fsp3) is 0.833. The summed E-state index contributed by atoms with van der Waals surface area (Å²) in [6.07, 6.45) is 7.09. The molecule has 1 heterocycles. The van der Waals surface area contributed by atoms with Crippen molar-refractivity contribution < 1.29 is 0 Å². The number of hydrogen-bond donors (Lipinski definition) is 1. The maximum absolute atomic E-state index is 4.20. The first kappa shape index (κ1) is 12.9. The third kappa shape index (κ3) is 4.00. The second-order valence-corrected chi connectivity index (χ2v) is 6.00. The van der Waals surface area contributed by atoms with Crippen LogP contribution in [-0.4, -0.2) is 33.1 Å². The Morgan fingerprint density at radius 2 is 2.41 bits per heavy atom. The van der Waals surface area contributed by atoms with Crippen molar-refractivity contribution in [3.05, 3.63) is 6.33 Å². The Bertz CT molecular complexity index is 339. The van der Waals surface area contributed by atoms with Crippen LogP contribution in [0.15, 0.2) is 11.5 Å². The van der Waals surface area contributed by atoms with Crippen LogP contribution >= 0.6 is 11.8 Å². The zero-order valence-electron chi connectivity index (χ0n) is 10.7. The molecule has 1 aromatic rings.